The van der Waals surface area contributed by atoms with Crippen molar-refractivity contribution in [3.8, 4) is 17.6 Å². The van der Waals surface area contributed by atoms with Crippen molar-refractivity contribution in [3.63, 3.8) is 0 Å². The Kier molecular flexibility index (Phi) is 18.0. The summed E-state index contributed by atoms with van der Waals surface area (Å²) in [6, 6.07) is 11.7. The standard InChI is InChI=1S/C32H44F3N5O2S.C6H13N/c1-39(21-11-9-7-5-3-4-6-8-10-19-36)43(41)26-17-18-29(31(23-26)42-2)38-20-13-14-25-22-27-28(37)15-12-16-30(27)40(25)24-32(33,34)35;1-7-5-3-2-4-6-7/h12,15-18,22-23,38H,3-11,19-21,24,36-37H2,1-2H3;2-6H2,1H3. The second-order valence-corrected chi connectivity index (χ2v) is 14.6. The molecule has 0 saturated carbocycles. The summed E-state index contributed by atoms with van der Waals surface area (Å²) >= 11 is 0. The highest BCUT2D eigenvalue weighted by molar-refractivity contribution is 7.82. The highest BCUT2D eigenvalue weighted by Gasteiger charge is 2.29. The molecule has 0 radical (unpaired) electrons. The van der Waals surface area contributed by atoms with E-state index in [0.29, 0.717) is 32.9 Å². The number of likely N-dealkylation sites (tertiary alicyclic amines) is 1. The van der Waals surface area contributed by atoms with E-state index in [9.17, 15) is 17.4 Å². The number of aromatic nitrogens is 1. The number of hydrogen-bond acceptors (Lipinski definition) is 6. The first-order valence-corrected chi connectivity index (χ1v) is 19.0. The van der Waals surface area contributed by atoms with Crippen LogP contribution >= 0.6 is 0 Å². The molecule has 1 atom stereocenters. The Balaban J connectivity index is 0.000000857. The fourth-order valence-electron chi connectivity index (χ4n) is 5.99. The number of ether oxygens (including phenoxy) is 1. The Hall–Kier alpha value is -3.24. The van der Waals surface area contributed by atoms with E-state index in [1.807, 2.05) is 11.4 Å². The van der Waals surface area contributed by atoms with Crippen LogP contribution < -0.4 is 21.5 Å². The Bertz CT molecular complexity index is 1530. The Morgan fingerprint density at radius 2 is 1.62 bits per heavy atom. The number of nitrogens with one attached hydrogen (secondary N) is 1. The van der Waals surface area contributed by atoms with E-state index in [2.05, 4.69) is 29.1 Å². The quantitative estimate of drug-likeness (QED) is 0.0749. The van der Waals surface area contributed by atoms with Gasteiger partial charge in [-0.3, -0.25) is 0 Å². The fourth-order valence-corrected chi connectivity index (χ4v) is 7.04. The maximum Gasteiger partial charge on any atom is 0.406 e. The van der Waals surface area contributed by atoms with Crippen LogP contribution in [0, 0.1) is 11.8 Å². The highest BCUT2D eigenvalue weighted by atomic mass is 32.2. The molecule has 1 fully saturated rings. The minimum atomic E-state index is -4.40. The number of anilines is 2. The van der Waals surface area contributed by atoms with Crippen LogP contribution in [0.2, 0.25) is 0 Å². The Morgan fingerprint density at radius 3 is 2.22 bits per heavy atom. The predicted octanol–water partition coefficient (Wildman–Crippen LogP) is 7.78. The minimum absolute atomic E-state index is 0.162. The van der Waals surface area contributed by atoms with Gasteiger partial charge in [0.2, 0.25) is 0 Å². The zero-order valence-electron chi connectivity index (χ0n) is 30.1. The molecular formula is C38H57F3N6O2S. The number of halogens is 3. The number of rotatable bonds is 17. The first kappa shape index (κ1) is 41.2. The van der Waals surface area contributed by atoms with Gasteiger partial charge < -0.3 is 31.0 Å². The fraction of sp³-hybridized carbons (Fsp3) is 0.579. The number of methoxy groups -OCH3 is 1. The molecule has 5 N–H and O–H groups in total. The number of hydrogen-bond donors (Lipinski definition) is 3. The molecule has 1 unspecified atom stereocenters. The average Bonchev–Trinajstić information content (AvgIpc) is 3.44. The molecule has 50 heavy (non-hydrogen) atoms. The summed E-state index contributed by atoms with van der Waals surface area (Å²) in [4.78, 5) is 3.02. The van der Waals surface area contributed by atoms with Crippen molar-refractivity contribution < 1.29 is 22.1 Å². The lowest BCUT2D eigenvalue weighted by atomic mass is 10.1. The molecule has 4 rings (SSSR count). The molecule has 3 aromatic rings. The van der Waals surface area contributed by atoms with Gasteiger partial charge in [-0.15, -0.1) is 0 Å². The van der Waals surface area contributed by atoms with E-state index >= 15 is 0 Å². The van der Waals surface area contributed by atoms with Crippen molar-refractivity contribution in [3.05, 3.63) is 48.2 Å². The second-order valence-electron chi connectivity index (χ2n) is 13.0. The van der Waals surface area contributed by atoms with Gasteiger partial charge >= 0.3 is 6.18 Å². The van der Waals surface area contributed by atoms with Crippen molar-refractivity contribution in [2.24, 2.45) is 5.73 Å². The molecule has 1 aromatic heterocycles. The zero-order chi connectivity index (χ0) is 36.4. The lowest BCUT2D eigenvalue weighted by Gasteiger charge is -2.20. The maximum absolute atomic E-state index is 13.3. The molecule has 278 valence electrons. The SMILES string of the molecule is CN1CCCCC1.COc1cc(S(=O)N(C)CCCCCCCCCCCN)ccc1NCC#Cc1cc2c(N)cccc2n1CC(F)(F)F. The molecule has 1 saturated heterocycles. The summed E-state index contributed by atoms with van der Waals surface area (Å²) < 4.78 is 61.4. The van der Waals surface area contributed by atoms with E-state index in [1.165, 1.54) is 78.0 Å². The van der Waals surface area contributed by atoms with E-state index in [-0.39, 0.29) is 12.2 Å². The summed E-state index contributed by atoms with van der Waals surface area (Å²) in [5.41, 5.74) is 13.2. The third-order valence-electron chi connectivity index (χ3n) is 8.82. The van der Waals surface area contributed by atoms with Crippen molar-refractivity contribution in [2.75, 3.05) is 65.0 Å². The third-order valence-corrected chi connectivity index (χ3v) is 10.2. The predicted molar refractivity (Wildman–Crippen MR) is 202 cm³/mol. The molecule has 0 spiro atoms. The lowest BCUT2D eigenvalue weighted by molar-refractivity contribution is -0.140. The van der Waals surface area contributed by atoms with Crippen molar-refractivity contribution in [2.45, 2.75) is 94.7 Å². The number of nitrogens with two attached hydrogens (primary N) is 2. The minimum Gasteiger partial charge on any atom is -0.495 e. The molecule has 2 aromatic carbocycles. The zero-order valence-corrected chi connectivity index (χ0v) is 30.9. The smallest absolute Gasteiger partial charge is 0.406 e. The van der Waals surface area contributed by atoms with Gasteiger partial charge in [0.1, 0.15) is 23.3 Å². The Labute approximate surface area is 299 Å². The summed E-state index contributed by atoms with van der Waals surface area (Å²) in [6.07, 6.45) is 10.5. The summed E-state index contributed by atoms with van der Waals surface area (Å²) in [6.45, 7) is 3.16. The van der Waals surface area contributed by atoms with Crippen LogP contribution in [0.1, 0.15) is 82.7 Å². The molecule has 8 nitrogen and oxygen atoms in total. The van der Waals surface area contributed by atoms with Gasteiger partial charge in [-0.2, -0.15) is 13.2 Å². The van der Waals surface area contributed by atoms with Gasteiger partial charge in [-0.05, 0) is 94.7 Å². The number of benzene rings is 2. The second kappa shape index (κ2) is 21.9. The normalized spacial score (nSPS) is 14.2. The van der Waals surface area contributed by atoms with Gasteiger partial charge in [0.25, 0.3) is 0 Å². The van der Waals surface area contributed by atoms with E-state index in [0.717, 1.165) is 36.9 Å². The van der Waals surface area contributed by atoms with Crippen molar-refractivity contribution >= 4 is 33.3 Å². The first-order chi connectivity index (χ1) is 24.0. The van der Waals surface area contributed by atoms with Crippen LogP contribution in [-0.2, 0) is 17.5 Å². The average molecular weight is 719 g/mol. The molecular weight excluding hydrogens is 662 g/mol. The van der Waals surface area contributed by atoms with Crippen molar-refractivity contribution in [1.29, 1.82) is 0 Å². The number of unbranched alkanes of at least 4 members (excludes halogenated alkanes) is 8. The third kappa shape index (κ3) is 14.2. The monoisotopic (exact) mass is 718 g/mol. The first-order valence-electron chi connectivity index (χ1n) is 17.9. The van der Waals surface area contributed by atoms with E-state index in [4.69, 9.17) is 16.2 Å². The summed E-state index contributed by atoms with van der Waals surface area (Å²) in [5.74, 6) is 6.25. The van der Waals surface area contributed by atoms with Gasteiger partial charge in [0.15, 0.2) is 0 Å². The van der Waals surface area contributed by atoms with Crippen molar-refractivity contribution in [1.82, 2.24) is 13.8 Å². The number of fused-ring (bicyclic) bond motifs is 1. The molecule has 2 heterocycles. The number of alkyl halides is 3. The van der Waals surface area contributed by atoms with Crippen LogP contribution in [0.25, 0.3) is 10.9 Å². The molecule has 12 heteroatoms. The van der Waals surface area contributed by atoms with Gasteiger partial charge in [-0.25, -0.2) is 8.51 Å². The topological polar surface area (TPSA) is 102 Å². The molecule has 0 bridgehead atoms. The number of nitrogen functional groups attached to an aromatic ring is 1. The Morgan fingerprint density at radius 1 is 0.960 bits per heavy atom. The largest absolute Gasteiger partial charge is 0.495 e. The van der Waals surface area contributed by atoms with Crippen LogP contribution in [0.5, 0.6) is 5.75 Å². The van der Waals surface area contributed by atoms with Gasteiger partial charge in [0.05, 0.1) is 35.4 Å². The molecule has 1 aliphatic heterocycles. The summed E-state index contributed by atoms with van der Waals surface area (Å²) in [5, 5.41) is 3.67. The van der Waals surface area contributed by atoms with Gasteiger partial charge in [0, 0.05) is 24.7 Å². The number of piperidine rings is 1. The van der Waals surface area contributed by atoms with E-state index < -0.39 is 23.7 Å². The van der Waals surface area contributed by atoms with Crippen LogP contribution in [0.4, 0.5) is 24.5 Å². The molecule has 0 aliphatic carbocycles. The van der Waals surface area contributed by atoms with E-state index in [1.54, 1.807) is 42.5 Å². The maximum atomic E-state index is 13.3. The van der Waals surface area contributed by atoms with Crippen LogP contribution in [0.3, 0.4) is 0 Å². The highest BCUT2D eigenvalue weighted by Crippen LogP contribution is 2.29. The van der Waals surface area contributed by atoms with Crippen LogP contribution in [-0.4, -0.2) is 78.1 Å². The number of nitrogens with zero attached hydrogens (tertiary/aromatic N) is 3. The lowest BCUT2D eigenvalue weighted by Crippen LogP contribution is -2.24. The van der Waals surface area contributed by atoms with Crippen LogP contribution in [0.15, 0.2) is 47.4 Å². The summed E-state index contributed by atoms with van der Waals surface area (Å²) in [7, 11) is 4.24. The molecule has 0 amide bonds. The molecule has 1 aliphatic rings. The van der Waals surface area contributed by atoms with Gasteiger partial charge in [-0.1, -0.05) is 63.4 Å².